The first-order valence-electron chi connectivity index (χ1n) is 6.87. The van der Waals surface area contributed by atoms with Crippen LogP contribution in [0.2, 0.25) is 0 Å². The van der Waals surface area contributed by atoms with Crippen molar-refractivity contribution >= 4 is 10.2 Å². The molecule has 1 heterocycles. The van der Waals surface area contributed by atoms with Crippen LogP contribution in [0, 0.1) is 11.8 Å². The summed E-state index contributed by atoms with van der Waals surface area (Å²) in [6.07, 6.45) is 1.88. The number of ether oxygens (including phenoxy) is 1. The van der Waals surface area contributed by atoms with Crippen LogP contribution in [0.1, 0.15) is 26.7 Å². The highest BCUT2D eigenvalue weighted by Gasteiger charge is 2.30. The topological polar surface area (TPSA) is 84.7 Å². The summed E-state index contributed by atoms with van der Waals surface area (Å²) in [7, 11) is -1.87. The quantitative estimate of drug-likeness (QED) is 0.700. The van der Waals surface area contributed by atoms with Crippen molar-refractivity contribution < 1.29 is 13.2 Å². The molecule has 2 atom stereocenters. The molecule has 7 heteroatoms. The van der Waals surface area contributed by atoms with Crippen molar-refractivity contribution in [3.05, 3.63) is 0 Å². The van der Waals surface area contributed by atoms with Gasteiger partial charge in [-0.15, -0.1) is 0 Å². The van der Waals surface area contributed by atoms with E-state index < -0.39 is 10.2 Å². The van der Waals surface area contributed by atoms with Gasteiger partial charge in [0.15, 0.2) is 0 Å². The zero-order chi connectivity index (χ0) is 14.5. The number of hydrogen-bond acceptors (Lipinski definition) is 4. The van der Waals surface area contributed by atoms with E-state index >= 15 is 0 Å². The lowest BCUT2D eigenvalue weighted by atomic mass is 10.0. The van der Waals surface area contributed by atoms with Gasteiger partial charge in [0, 0.05) is 26.2 Å². The van der Waals surface area contributed by atoms with Gasteiger partial charge in [0.2, 0.25) is 0 Å². The molecule has 0 aromatic carbocycles. The Morgan fingerprint density at radius 2 is 2.16 bits per heavy atom. The number of nitrogens with one attached hydrogen (secondary N) is 1. The van der Waals surface area contributed by atoms with Gasteiger partial charge in [-0.2, -0.15) is 17.4 Å². The fourth-order valence-electron chi connectivity index (χ4n) is 2.25. The number of methoxy groups -OCH3 is 1. The monoisotopic (exact) mass is 293 g/mol. The van der Waals surface area contributed by atoms with Gasteiger partial charge in [-0.3, -0.25) is 0 Å². The number of rotatable bonds is 7. The third-order valence-corrected chi connectivity index (χ3v) is 5.22. The van der Waals surface area contributed by atoms with Crippen LogP contribution in [0.5, 0.6) is 0 Å². The summed E-state index contributed by atoms with van der Waals surface area (Å²) in [6, 6.07) is -0.201. The predicted molar refractivity (Wildman–Crippen MR) is 75.9 cm³/mol. The van der Waals surface area contributed by atoms with Gasteiger partial charge in [-0.1, -0.05) is 13.8 Å². The molecule has 1 saturated heterocycles. The molecule has 0 aromatic rings. The SMILES string of the molecule is COCC(NS(=O)(=O)N1CCCC(CN)C1)C(C)C. The highest BCUT2D eigenvalue weighted by atomic mass is 32.2. The maximum atomic E-state index is 12.4. The Balaban J connectivity index is 2.68. The zero-order valence-corrected chi connectivity index (χ0v) is 12.9. The normalized spacial score (nSPS) is 23.7. The second kappa shape index (κ2) is 7.54. The predicted octanol–water partition coefficient (Wildman–Crippen LogP) is 0.163. The minimum atomic E-state index is -3.44. The van der Waals surface area contributed by atoms with Crippen LogP contribution < -0.4 is 10.5 Å². The highest BCUT2D eigenvalue weighted by molar-refractivity contribution is 7.87. The number of piperidine rings is 1. The molecule has 0 spiro atoms. The Morgan fingerprint density at radius 1 is 1.47 bits per heavy atom. The molecule has 0 bridgehead atoms. The lowest BCUT2D eigenvalue weighted by Crippen LogP contribution is -2.52. The van der Waals surface area contributed by atoms with Crippen LogP contribution in [0.15, 0.2) is 0 Å². The molecular formula is C12H27N3O3S. The molecular weight excluding hydrogens is 266 g/mol. The Kier molecular flexibility index (Phi) is 6.68. The third kappa shape index (κ3) is 5.00. The maximum absolute atomic E-state index is 12.4. The minimum absolute atomic E-state index is 0.185. The van der Waals surface area contributed by atoms with Gasteiger partial charge in [-0.25, -0.2) is 0 Å². The van der Waals surface area contributed by atoms with Crippen LogP contribution in [0.25, 0.3) is 0 Å². The second-order valence-corrected chi connectivity index (χ2v) is 7.23. The van der Waals surface area contributed by atoms with Crippen LogP contribution in [-0.4, -0.2) is 52.1 Å². The summed E-state index contributed by atoms with van der Waals surface area (Å²) >= 11 is 0. The van der Waals surface area contributed by atoms with E-state index in [0.29, 0.717) is 26.2 Å². The van der Waals surface area contributed by atoms with E-state index in [2.05, 4.69) is 4.72 Å². The summed E-state index contributed by atoms with van der Waals surface area (Å²) < 4.78 is 34.0. The van der Waals surface area contributed by atoms with Crippen molar-refractivity contribution in [3.63, 3.8) is 0 Å². The molecule has 1 rings (SSSR count). The molecule has 3 N–H and O–H groups in total. The zero-order valence-electron chi connectivity index (χ0n) is 12.1. The molecule has 6 nitrogen and oxygen atoms in total. The molecule has 1 aliphatic rings. The van der Waals surface area contributed by atoms with Gasteiger partial charge >= 0.3 is 0 Å². The van der Waals surface area contributed by atoms with Crippen molar-refractivity contribution in [1.82, 2.24) is 9.03 Å². The van der Waals surface area contributed by atoms with E-state index in [4.69, 9.17) is 10.5 Å². The van der Waals surface area contributed by atoms with E-state index in [9.17, 15) is 8.42 Å². The fourth-order valence-corrected chi connectivity index (χ4v) is 3.89. The average Bonchev–Trinajstić information content (AvgIpc) is 2.38. The molecule has 114 valence electrons. The fraction of sp³-hybridized carbons (Fsp3) is 1.00. The Morgan fingerprint density at radius 3 is 2.68 bits per heavy atom. The molecule has 2 unspecified atom stereocenters. The standard InChI is InChI=1S/C12H27N3O3S/c1-10(2)12(9-18-3)14-19(16,17)15-6-4-5-11(7-13)8-15/h10-12,14H,4-9,13H2,1-3H3. The van der Waals surface area contributed by atoms with Gasteiger partial charge < -0.3 is 10.5 Å². The van der Waals surface area contributed by atoms with Crippen molar-refractivity contribution in [2.24, 2.45) is 17.6 Å². The van der Waals surface area contributed by atoms with E-state index in [1.807, 2.05) is 13.8 Å². The number of hydrogen-bond donors (Lipinski definition) is 2. The maximum Gasteiger partial charge on any atom is 0.279 e. The summed E-state index contributed by atoms with van der Waals surface area (Å²) in [4.78, 5) is 0. The van der Waals surface area contributed by atoms with E-state index in [1.54, 1.807) is 7.11 Å². The molecule has 0 aromatic heterocycles. The van der Waals surface area contributed by atoms with Gasteiger partial charge in [-0.05, 0) is 31.2 Å². The van der Waals surface area contributed by atoms with Crippen molar-refractivity contribution in [1.29, 1.82) is 0 Å². The van der Waals surface area contributed by atoms with Crippen LogP contribution >= 0.6 is 0 Å². The molecule has 0 saturated carbocycles. The number of nitrogens with two attached hydrogens (primary N) is 1. The molecule has 19 heavy (non-hydrogen) atoms. The minimum Gasteiger partial charge on any atom is -0.383 e. The molecule has 0 aliphatic carbocycles. The van der Waals surface area contributed by atoms with Crippen molar-refractivity contribution in [3.8, 4) is 0 Å². The second-order valence-electron chi connectivity index (χ2n) is 5.53. The Hall–Kier alpha value is -0.210. The van der Waals surface area contributed by atoms with E-state index in [0.717, 1.165) is 12.8 Å². The summed E-state index contributed by atoms with van der Waals surface area (Å²) in [5.74, 6) is 0.454. The number of nitrogens with zero attached hydrogens (tertiary/aromatic N) is 1. The van der Waals surface area contributed by atoms with Gasteiger partial charge in [0.1, 0.15) is 0 Å². The molecule has 1 fully saturated rings. The van der Waals surface area contributed by atoms with Crippen LogP contribution in [-0.2, 0) is 14.9 Å². The van der Waals surface area contributed by atoms with Crippen LogP contribution in [0.4, 0.5) is 0 Å². The lowest BCUT2D eigenvalue weighted by molar-refractivity contribution is 0.155. The molecule has 0 amide bonds. The van der Waals surface area contributed by atoms with Crippen molar-refractivity contribution in [2.45, 2.75) is 32.7 Å². The Labute approximate surface area is 116 Å². The largest absolute Gasteiger partial charge is 0.383 e. The lowest BCUT2D eigenvalue weighted by Gasteiger charge is -2.33. The van der Waals surface area contributed by atoms with Gasteiger partial charge in [0.05, 0.1) is 6.61 Å². The summed E-state index contributed by atoms with van der Waals surface area (Å²) in [6.45, 7) is 5.96. The third-order valence-electron chi connectivity index (χ3n) is 3.61. The first-order valence-corrected chi connectivity index (χ1v) is 8.31. The van der Waals surface area contributed by atoms with Crippen LogP contribution in [0.3, 0.4) is 0 Å². The highest BCUT2D eigenvalue weighted by Crippen LogP contribution is 2.18. The molecule has 1 aliphatic heterocycles. The van der Waals surface area contributed by atoms with E-state index in [1.165, 1.54) is 4.31 Å². The van der Waals surface area contributed by atoms with Gasteiger partial charge in [0.25, 0.3) is 10.2 Å². The smallest absolute Gasteiger partial charge is 0.279 e. The molecule has 0 radical (unpaired) electrons. The average molecular weight is 293 g/mol. The first kappa shape index (κ1) is 16.8. The van der Waals surface area contributed by atoms with E-state index in [-0.39, 0.29) is 17.9 Å². The first-order chi connectivity index (χ1) is 8.90. The summed E-state index contributed by atoms with van der Waals surface area (Å²) in [5, 5.41) is 0. The summed E-state index contributed by atoms with van der Waals surface area (Å²) in [5.41, 5.74) is 5.64. The van der Waals surface area contributed by atoms with Crippen molar-refractivity contribution in [2.75, 3.05) is 33.4 Å². The Bertz CT molecular complexity index is 359.